The minimum Gasteiger partial charge on any atom is -0.370 e. The maximum absolute atomic E-state index is 10.7. The molecule has 1 heterocycles. The highest BCUT2D eigenvalue weighted by Gasteiger charge is 2.36. The van der Waals surface area contributed by atoms with Gasteiger partial charge >= 0.3 is 5.97 Å². The summed E-state index contributed by atoms with van der Waals surface area (Å²) in [6, 6.07) is 0. The van der Waals surface area contributed by atoms with Gasteiger partial charge in [0.1, 0.15) is 0 Å². The number of carbonyl (C=O) groups excluding carboxylic acids is 1. The predicted molar refractivity (Wildman–Crippen MR) is 78.5 cm³/mol. The third kappa shape index (κ3) is 8.54. The zero-order chi connectivity index (χ0) is 14.6. The zero-order valence-corrected chi connectivity index (χ0v) is 12.8. The summed E-state index contributed by atoms with van der Waals surface area (Å²) in [4.78, 5) is 14.3. The van der Waals surface area contributed by atoms with Gasteiger partial charge in [0.15, 0.2) is 0 Å². The normalized spacial score (nSPS) is 20.9. The first kappa shape index (κ1) is 17.4. The van der Waals surface area contributed by atoms with Crippen LogP contribution in [0.15, 0.2) is 0 Å². The molecule has 0 aromatic rings. The molecule has 0 bridgehead atoms. The van der Waals surface area contributed by atoms with Gasteiger partial charge in [-0.2, -0.15) is 5.26 Å². The maximum Gasteiger partial charge on any atom is 0.342 e. The van der Waals surface area contributed by atoms with Crippen LogP contribution in [0, 0.1) is 0 Å². The molecule has 4 nitrogen and oxygen atoms in total. The molecule has 0 saturated carbocycles. The third-order valence-electron chi connectivity index (χ3n) is 4.00. The fourth-order valence-corrected chi connectivity index (χ4v) is 2.65. The monoisotopic (exact) mass is 286 g/mol. The van der Waals surface area contributed by atoms with Gasteiger partial charge in [0.25, 0.3) is 0 Å². The van der Waals surface area contributed by atoms with Crippen LogP contribution in [-0.4, -0.2) is 23.4 Å². The van der Waals surface area contributed by atoms with Crippen LogP contribution >= 0.6 is 0 Å². The van der Waals surface area contributed by atoms with E-state index in [-0.39, 0.29) is 0 Å². The Morgan fingerprint density at radius 1 is 0.950 bits per heavy atom. The molecular formula is C16H30O4. The van der Waals surface area contributed by atoms with Crippen molar-refractivity contribution in [3.63, 3.8) is 0 Å². The van der Waals surface area contributed by atoms with E-state index in [4.69, 9.17) is 9.99 Å². The first-order valence-electron chi connectivity index (χ1n) is 8.27. The van der Waals surface area contributed by atoms with Crippen LogP contribution in [0.2, 0.25) is 0 Å². The molecule has 1 saturated heterocycles. The average Bonchev–Trinajstić information content (AvgIpc) is 3.20. The van der Waals surface area contributed by atoms with Crippen molar-refractivity contribution in [3.05, 3.63) is 0 Å². The number of ether oxygens (including phenoxy) is 1. The van der Waals surface area contributed by atoms with Crippen LogP contribution in [0.1, 0.15) is 84.0 Å². The van der Waals surface area contributed by atoms with Gasteiger partial charge in [0, 0.05) is 6.42 Å². The molecule has 1 fully saturated rings. The quantitative estimate of drug-likeness (QED) is 0.235. The Bertz CT molecular complexity index is 255. The Labute approximate surface area is 122 Å². The van der Waals surface area contributed by atoms with E-state index in [9.17, 15) is 4.79 Å². The molecular weight excluding hydrogens is 256 g/mol. The van der Waals surface area contributed by atoms with Crippen molar-refractivity contribution in [2.75, 3.05) is 0 Å². The summed E-state index contributed by atoms with van der Waals surface area (Å²) in [7, 11) is 0. The SMILES string of the molecule is CCCCCCC1OC1CCCCCCCC(=O)OO. The van der Waals surface area contributed by atoms with E-state index in [0.717, 1.165) is 19.3 Å². The number of hydrogen-bond acceptors (Lipinski definition) is 4. The Kier molecular flexibility index (Phi) is 9.67. The molecule has 0 spiro atoms. The number of hydrogen-bond donors (Lipinski definition) is 1. The minimum absolute atomic E-state index is 0.321. The van der Waals surface area contributed by atoms with Crippen LogP contribution in [0.3, 0.4) is 0 Å². The van der Waals surface area contributed by atoms with Gasteiger partial charge in [-0.1, -0.05) is 58.3 Å². The summed E-state index contributed by atoms with van der Waals surface area (Å²) in [6.07, 6.45) is 14.5. The highest BCUT2D eigenvalue weighted by atomic mass is 17.1. The van der Waals surface area contributed by atoms with E-state index >= 15 is 0 Å². The summed E-state index contributed by atoms with van der Waals surface area (Å²) in [6.45, 7) is 2.24. The molecule has 1 rings (SSSR count). The standard InChI is InChI=1S/C16H30O4/c1-2-3-4-8-11-14-15(19-14)12-9-6-5-7-10-13-16(17)20-18/h14-15,18H,2-13H2,1H3. The van der Waals surface area contributed by atoms with Gasteiger partial charge in [0.05, 0.1) is 12.2 Å². The molecule has 118 valence electrons. The van der Waals surface area contributed by atoms with Crippen LogP contribution in [-0.2, 0) is 14.4 Å². The zero-order valence-electron chi connectivity index (χ0n) is 12.8. The number of rotatable bonds is 13. The summed E-state index contributed by atoms with van der Waals surface area (Å²) >= 11 is 0. The fraction of sp³-hybridized carbons (Fsp3) is 0.938. The van der Waals surface area contributed by atoms with Gasteiger partial charge in [-0.25, -0.2) is 4.79 Å². The summed E-state index contributed by atoms with van der Waals surface area (Å²) in [5, 5.41) is 8.10. The predicted octanol–water partition coefficient (Wildman–Crippen LogP) is 4.47. The molecule has 0 aliphatic carbocycles. The second kappa shape index (κ2) is 11.1. The molecule has 0 aromatic carbocycles. The molecule has 20 heavy (non-hydrogen) atoms. The van der Waals surface area contributed by atoms with Crippen molar-refractivity contribution >= 4 is 5.97 Å². The highest BCUT2D eigenvalue weighted by Crippen LogP contribution is 2.31. The summed E-state index contributed by atoms with van der Waals surface area (Å²) in [5.74, 6) is -0.526. The first-order valence-corrected chi connectivity index (χ1v) is 8.27. The maximum atomic E-state index is 10.7. The largest absolute Gasteiger partial charge is 0.370 e. The van der Waals surface area contributed by atoms with Crippen molar-refractivity contribution in [2.24, 2.45) is 0 Å². The van der Waals surface area contributed by atoms with Crippen LogP contribution in [0.5, 0.6) is 0 Å². The fourth-order valence-electron chi connectivity index (χ4n) is 2.65. The summed E-state index contributed by atoms with van der Waals surface area (Å²) in [5.41, 5.74) is 0. The van der Waals surface area contributed by atoms with Crippen LogP contribution in [0.25, 0.3) is 0 Å². The summed E-state index contributed by atoms with van der Waals surface area (Å²) < 4.78 is 5.68. The van der Waals surface area contributed by atoms with Gasteiger partial charge in [-0.3, -0.25) is 0 Å². The Morgan fingerprint density at radius 3 is 2.10 bits per heavy atom. The van der Waals surface area contributed by atoms with Gasteiger partial charge < -0.3 is 9.62 Å². The topological polar surface area (TPSA) is 59.1 Å². The Balaban J connectivity index is 1.78. The van der Waals surface area contributed by atoms with Crippen LogP contribution in [0.4, 0.5) is 0 Å². The Morgan fingerprint density at radius 2 is 1.50 bits per heavy atom. The third-order valence-corrected chi connectivity index (χ3v) is 4.00. The lowest BCUT2D eigenvalue weighted by molar-refractivity contribution is -0.234. The van der Waals surface area contributed by atoms with Crippen molar-refractivity contribution in [3.8, 4) is 0 Å². The smallest absolute Gasteiger partial charge is 0.342 e. The van der Waals surface area contributed by atoms with E-state index < -0.39 is 5.97 Å². The highest BCUT2D eigenvalue weighted by molar-refractivity contribution is 5.68. The van der Waals surface area contributed by atoms with Gasteiger partial charge in [0.2, 0.25) is 0 Å². The van der Waals surface area contributed by atoms with Gasteiger partial charge in [-0.05, 0) is 19.3 Å². The van der Waals surface area contributed by atoms with E-state index in [0.29, 0.717) is 18.6 Å². The molecule has 1 aliphatic rings. The second-order valence-corrected chi connectivity index (χ2v) is 5.83. The lowest BCUT2D eigenvalue weighted by Gasteiger charge is -2.00. The molecule has 0 radical (unpaired) electrons. The lowest BCUT2D eigenvalue weighted by Crippen LogP contribution is -1.99. The van der Waals surface area contributed by atoms with Crippen molar-refractivity contribution < 1.29 is 19.7 Å². The van der Waals surface area contributed by atoms with E-state index in [1.165, 1.54) is 51.4 Å². The average molecular weight is 286 g/mol. The number of carbonyl (C=O) groups is 1. The van der Waals surface area contributed by atoms with E-state index in [1.807, 2.05) is 0 Å². The molecule has 1 N–H and O–H groups in total. The van der Waals surface area contributed by atoms with Crippen molar-refractivity contribution in [1.29, 1.82) is 0 Å². The second-order valence-electron chi connectivity index (χ2n) is 5.83. The van der Waals surface area contributed by atoms with E-state index in [2.05, 4.69) is 11.8 Å². The molecule has 2 unspecified atom stereocenters. The number of epoxide rings is 1. The molecule has 0 amide bonds. The molecule has 4 heteroatoms. The lowest BCUT2D eigenvalue weighted by atomic mass is 10.0. The molecule has 2 atom stereocenters. The number of unbranched alkanes of at least 4 members (excludes halogenated alkanes) is 7. The van der Waals surface area contributed by atoms with Gasteiger partial charge in [-0.15, -0.1) is 0 Å². The van der Waals surface area contributed by atoms with Crippen molar-refractivity contribution in [1.82, 2.24) is 0 Å². The van der Waals surface area contributed by atoms with E-state index in [1.54, 1.807) is 0 Å². The minimum atomic E-state index is -0.526. The first-order chi connectivity index (χ1) is 9.77. The molecule has 1 aliphatic heterocycles. The Hall–Kier alpha value is -0.610. The van der Waals surface area contributed by atoms with Crippen molar-refractivity contribution in [2.45, 2.75) is 96.2 Å². The molecule has 0 aromatic heterocycles. The van der Waals surface area contributed by atoms with Crippen LogP contribution < -0.4 is 0 Å².